The van der Waals surface area contributed by atoms with E-state index in [1.807, 2.05) is 0 Å². The fraction of sp³-hybridized carbons (Fsp3) is 0.0667. The molecule has 4 nitrogen and oxygen atoms in total. The van der Waals surface area contributed by atoms with Crippen LogP contribution >= 0.6 is 34.2 Å². The number of carbonyl (C=O) groups excluding carboxylic acids is 1. The van der Waals surface area contributed by atoms with E-state index in [-0.39, 0.29) is 0 Å². The normalized spacial score (nSPS) is 11.7. The van der Waals surface area contributed by atoms with Crippen LogP contribution in [-0.4, -0.2) is 17.0 Å². The van der Waals surface area contributed by atoms with E-state index in [4.69, 9.17) is 11.6 Å². The molecule has 0 heterocycles. The number of aliphatic carboxylic acids is 1. The number of rotatable bonds is 4. The predicted molar refractivity (Wildman–Crippen MR) is 88.5 cm³/mol. The summed E-state index contributed by atoms with van der Waals surface area (Å²) in [6, 6.07) is 12.3. The SMILES string of the molecule is O=C(NC(C(=O)O)c1ccccc1)c1ccc(I)c(Cl)c1. The van der Waals surface area contributed by atoms with Crippen molar-refractivity contribution in [2.75, 3.05) is 0 Å². The molecule has 0 fully saturated rings. The van der Waals surface area contributed by atoms with Gasteiger partial charge in [0.05, 0.1) is 5.02 Å². The molecule has 0 aromatic heterocycles. The van der Waals surface area contributed by atoms with Crippen molar-refractivity contribution >= 4 is 46.1 Å². The molecule has 1 atom stereocenters. The zero-order chi connectivity index (χ0) is 15.4. The summed E-state index contributed by atoms with van der Waals surface area (Å²) in [6.07, 6.45) is 0. The van der Waals surface area contributed by atoms with Crippen LogP contribution in [0.4, 0.5) is 0 Å². The highest BCUT2D eigenvalue weighted by Gasteiger charge is 2.22. The Hall–Kier alpha value is -1.60. The van der Waals surface area contributed by atoms with Crippen LogP contribution < -0.4 is 5.32 Å². The highest BCUT2D eigenvalue weighted by Crippen LogP contribution is 2.20. The van der Waals surface area contributed by atoms with Crippen LogP contribution in [0, 0.1) is 3.57 Å². The van der Waals surface area contributed by atoms with Gasteiger partial charge in [-0.25, -0.2) is 4.79 Å². The molecule has 0 spiro atoms. The van der Waals surface area contributed by atoms with Crippen molar-refractivity contribution in [1.82, 2.24) is 5.32 Å². The predicted octanol–water partition coefficient (Wildman–Crippen LogP) is 3.50. The standard InChI is InChI=1S/C15H11ClINO3/c16-11-8-10(6-7-12(11)17)14(19)18-13(15(20)21)9-4-2-1-3-5-9/h1-8,13H,(H,18,19)(H,20,21). The number of carbonyl (C=O) groups is 2. The van der Waals surface area contributed by atoms with Gasteiger partial charge in [0, 0.05) is 9.13 Å². The maximum absolute atomic E-state index is 12.2. The molecule has 1 unspecified atom stereocenters. The lowest BCUT2D eigenvalue weighted by Crippen LogP contribution is -2.33. The first-order chi connectivity index (χ1) is 9.99. The molecular formula is C15H11ClINO3. The van der Waals surface area contributed by atoms with Gasteiger partial charge in [-0.05, 0) is 46.4 Å². The number of benzene rings is 2. The Labute approximate surface area is 140 Å². The third kappa shape index (κ3) is 3.95. The van der Waals surface area contributed by atoms with Crippen molar-refractivity contribution in [3.05, 3.63) is 68.3 Å². The lowest BCUT2D eigenvalue weighted by molar-refractivity contribution is -0.139. The topological polar surface area (TPSA) is 66.4 Å². The molecule has 6 heteroatoms. The van der Waals surface area contributed by atoms with E-state index in [0.29, 0.717) is 16.1 Å². The molecule has 2 aromatic rings. The van der Waals surface area contributed by atoms with Crippen LogP contribution in [0.15, 0.2) is 48.5 Å². The average molecular weight is 416 g/mol. The van der Waals surface area contributed by atoms with Crippen LogP contribution in [0.2, 0.25) is 5.02 Å². The van der Waals surface area contributed by atoms with Gasteiger partial charge >= 0.3 is 5.97 Å². The molecule has 2 rings (SSSR count). The van der Waals surface area contributed by atoms with E-state index in [1.54, 1.807) is 42.5 Å². The second-order valence-electron chi connectivity index (χ2n) is 4.28. The first kappa shape index (κ1) is 15.8. The summed E-state index contributed by atoms with van der Waals surface area (Å²) in [7, 11) is 0. The maximum atomic E-state index is 12.2. The van der Waals surface area contributed by atoms with E-state index in [1.165, 1.54) is 6.07 Å². The van der Waals surface area contributed by atoms with Gasteiger partial charge in [-0.15, -0.1) is 0 Å². The highest BCUT2D eigenvalue weighted by molar-refractivity contribution is 14.1. The third-order valence-electron chi connectivity index (χ3n) is 2.84. The number of nitrogens with one attached hydrogen (secondary N) is 1. The molecule has 0 bridgehead atoms. The number of amides is 1. The van der Waals surface area contributed by atoms with E-state index >= 15 is 0 Å². The zero-order valence-electron chi connectivity index (χ0n) is 10.7. The van der Waals surface area contributed by atoms with Crippen molar-refractivity contribution in [3.63, 3.8) is 0 Å². The molecular weight excluding hydrogens is 405 g/mol. The fourth-order valence-electron chi connectivity index (χ4n) is 1.78. The molecule has 2 N–H and O–H groups in total. The second kappa shape index (κ2) is 6.91. The number of halogens is 2. The minimum absolute atomic E-state index is 0.322. The van der Waals surface area contributed by atoms with Gasteiger partial charge < -0.3 is 10.4 Å². The quantitative estimate of drug-likeness (QED) is 0.751. The number of carboxylic acid groups (broad SMARTS) is 1. The Kier molecular flexibility index (Phi) is 5.19. The Bertz CT molecular complexity index is 676. The molecule has 21 heavy (non-hydrogen) atoms. The van der Waals surface area contributed by atoms with Gasteiger partial charge in [0.25, 0.3) is 5.91 Å². The summed E-state index contributed by atoms with van der Waals surface area (Å²) in [6.45, 7) is 0. The zero-order valence-corrected chi connectivity index (χ0v) is 13.6. The van der Waals surface area contributed by atoms with Crippen LogP contribution in [0.1, 0.15) is 22.0 Å². The van der Waals surface area contributed by atoms with Crippen molar-refractivity contribution < 1.29 is 14.7 Å². The lowest BCUT2D eigenvalue weighted by atomic mass is 10.1. The van der Waals surface area contributed by atoms with E-state index in [2.05, 4.69) is 27.9 Å². The van der Waals surface area contributed by atoms with E-state index in [9.17, 15) is 14.7 Å². The molecule has 0 radical (unpaired) electrons. The Morgan fingerprint density at radius 1 is 1.14 bits per heavy atom. The number of hydrogen-bond donors (Lipinski definition) is 2. The minimum Gasteiger partial charge on any atom is -0.479 e. The van der Waals surface area contributed by atoms with Gasteiger partial charge in [0.1, 0.15) is 0 Å². The summed E-state index contributed by atoms with van der Waals surface area (Å²) in [5, 5.41) is 12.2. The molecule has 0 aliphatic rings. The first-order valence-electron chi connectivity index (χ1n) is 6.02. The van der Waals surface area contributed by atoms with Crippen molar-refractivity contribution in [2.24, 2.45) is 0 Å². The highest BCUT2D eigenvalue weighted by atomic mass is 127. The van der Waals surface area contributed by atoms with E-state index < -0.39 is 17.9 Å². The molecule has 0 saturated heterocycles. The molecule has 108 valence electrons. The Balaban J connectivity index is 2.23. The monoisotopic (exact) mass is 415 g/mol. The summed E-state index contributed by atoms with van der Waals surface area (Å²) in [4.78, 5) is 23.5. The summed E-state index contributed by atoms with van der Waals surface area (Å²) in [5.74, 6) is -1.60. The van der Waals surface area contributed by atoms with Crippen LogP contribution in [0.25, 0.3) is 0 Å². The smallest absolute Gasteiger partial charge is 0.330 e. The molecule has 0 aliphatic carbocycles. The summed E-state index contributed by atoms with van der Waals surface area (Å²) >= 11 is 8.02. The molecule has 2 aromatic carbocycles. The Morgan fingerprint density at radius 2 is 1.81 bits per heavy atom. The molecule has 0 saturated carbocycles. The van der Waals surface area contributed by atoms with Gasteiger partial charge in [-0.3, -0.25) is 4.79 Å². The Morgan fingerprint density at radius 3 is 2.38 bits per heavy atom. The van der Waals surface area contributed by atoms with Crippen LogP contribution in [0.5, 0.6) is 0 Å². The largest absolute Gasteiger partial charge is 0.479 e. The van der Waals surface area contributed by atoms with Crippen molar-refractivity contribution in [3.8, 4) is 0 Å². The van der Waals surface area contributed by atoms with Crippen LogP contribution in [-0.2, 0) is 4.79 Å². The van der Waals surface area contributed by atoms with Crippen LogP contribution in [0.3, 0.4) is 0 Å². The molecule has 0 aliphatic heterocycles. The molecule has 1 amide bonds. The third-order valence-corrected chi connectivity index (χ3v) is 4.41. The second-order valence-corrected chi connectivity index (χ2v) is 5.85. The lowest BCUT2D eigenvalue weighted by Gasteiger charge is -2.15. The fourth-order valence-corrected chi connectivity index (χ4v) is 2.30. The van der Waals surface area contributed by atoms with Gasteiger partial charge in [-0.1, -0.05) is 41.9 Å². The number of hydrogen-bond acceptors (Lipinski definition) is 2. The summed E-state index contributed by atoms with van der Waals surface area (Å²) in [5.41, 5.74) is 0.831. The minimum atomic E-state index is -1.12. The van der Waals surface area contributed by atoms with Crippen molar-refractivity contribution in [1.29, 1.82) is 0 Å². The summed E-state index contributed by atoms with van der Waals surface area (Å²) < 4.78 is 0.823. The average Bonchev–Trinajstić information content (AvgIpc) is 2.48. The first-order valence-corrected chi connectivity index (χ1v) is 7.48. The van der Waals surface area contributed by atoms with E-state index in [0.717, 1.165) is 3.57 Å². The maximum Gasteiger partial charge on any atom is 0.330 e. The van der Waals surface area contributed by atoms with Gasteiger partial charge in [-0.2, -0.15) is 0 Å². The van der Waals surface area contributed by atoms with Gasteiger partial charge in [0.15, 0.2) is 6.04 Å². The van der Waals surface area contributed by atoms with Gasteiger partial charge in [0.2, 0.25) is 0 Å². The van der Waals surface area contributed by atoms with Crippen molar-refractivity contribution in [2.45, 2.75) is 6.04 Å². The number of carboxylic acids is 1.